The minimum absolute atomic E-state index is 0.00709. The van der Waals surface area contributed by atoms with E-state index in [0.717, 1.165) is 27.0 Å². The smallest absolute Gasteiger partial charge is 0.165 e. The van der Waals surface area contributed by atoms with Crippen molar-refractivity contribution < 1.29 is 5.11 Å². The zero-order valence-corrected chi connectivity index (χ0v) is 13.4. The molecule has 2 heterocycles. The monoisotopic (exact) mass is 338 g/mol. The van der Waals surface area contributed by atoms with Crippen LogP contribution in [0.3, 0.4) is 0 Å². The molecule has 7 nitrogen and oxygen atoms in total. The molecule has 0 bridgehead atoms. The Morgan fingerprint density at radius 3 is 2.96 bits per heavy atom. The van der Waals surface area contributed by atoms with Crippen molar-refractivity contribution in [3.8, 4) is 6.07 Å². The van der Waals surface area contributed by atoms with E-state index in [1.807, 2.05) is 24.3 Å². The van der Waals surface area contributed by atoms with Gasteiger partial charge in [0.25, 0.3) is 0 Å². The van der Waals surface area contributed by atoms with Crippen molar-refractivity contribution in [2.45, 2.75) is 6.42 Å². The normalized spacial score (nSPS) is 13.5. The number of nitriles is 1. The SMILES string of the molecule is C=CC/C(O)=c1/s/c(=C(\C#N)c2nc3ccccc3[nH]2)n(N)c1=N. The zero-order valence-electron chi connectivity index (χ0n) is 12.6. The van der Waals surface area contributed by atoms with E-state index in [0.29, 0.717) is 15.0 Å². The van der Waals surface area contributed by atoms with Crippen molar-refractivity contribution in [2.75, 3.05) is 5.84 Å². The number of para-hydroxylation sites is 2. The van der Waals surface area contributed by atoms with Crippen molar-refractivity contribution >= 4 is 33.7 Å². The van der Waals surface area contributed by atoms with E-state index in [1.165, 1.54) is 6.08 Å². The maximum absolute atomic E-state index is 10.0. The number of hydrogen-bond acceptors (Lipinski definition) is 6. The number of nitrogens with one attached hydrogen (secondary N) is 2. The van der Waals surface area contributed by atoms with Crippen molar-refractivity contribution in [3.63, 3.8) is 0 Å². The van der Waals surface area contributed by atoms with Gasteiger partial charge >= 0.3 is 0 Å². The molecule has 0 unspecified atom stereocenters. The van der Waals surface area contributed by atoms with Gasteiger partial charge in [0.05, 0.1) is 11.0 Å². The predicted molar refractivity (Wildman–Crippen MR) is 92.6 cm³/mol. The third kappa shape index (κ3) is 2.47. The number of thiazole rings is 1. The van der Waals surface area contributed by atoms with Gasteiger partial charge in [-0.15, -0.1) is 17.9 Å². The number of benzene rings is 1. The molecule has 8 heteroatoms. The van der Waals surface area contributed by atoms with Gasteiger partial charge in [0.2, 0.25) is 0 Å². The Kier molecular flexibility index (Phi) is 3.93. The van der Waals surface area contributed by atoms with Crippen LogP contribution < -0.4 is 20.5 Å². The molecule has 0 radical (unpaired) electrons. The van der Waals surface area contributed by atoms with Crippen LogP contribution in [0.2, 0.25) is 0 Å². The van der Waals surface area contributed by atoms with Crippen LogP contribution in [0.15, 0.2) is 36.9 Å². The molecule has 0 spiro atoms. The molecule has 0 atom stereocenters. The summed E-state index contributed by atoms with van der Waals surface area (Å²) in [6.45, 7) is 3.56. The van der Waals surface area contributed by atoms with Gasteiger partial charge in [0.1, 0.15) is 26.6 Å². The second-order valence-electron chi connectivity index (χ2n) is 4.98. The summed E-state index contributed by atoms with van der Waals surface area (Å²) >= 11 is 1.07. The fraction of sp³-hybridized carbons (Fsp3) is 0.0625. The lowest BCUT2D eigenvalue weighted by Gasteiger charge is -1.94. The molecule has 0 saturated carbocycles. The van der Waals surface area contributed by atoms with Gasteiger partial charge in [-0.25, -0.2) is 9.66 Å². The van der Waals surface area contributed by atoms with E-state index in [9.17, 15) is 10.4 Å². The molecular formula is C16H14N6OS. The molecule has 2 aromatic heterocycles. The van der Waals surface area contributed by atoms with Crippen molar-refractivity contribution in [1.29, 1.82) is 10.7 Å². The van der Waals surface area contributed by atoms with Gasteiger partial charge in [-0.1, -0.05) is 18.2 Å². The molecule has 3 aromatic rings. The summed E-state index contributed by atoms with van der Waals surface area (Å²) in [5.74, 6) is 6.28. The minimum atomic E-state index is -0.0711. The topological polar surface area (TPSA) is 128 Å². The fourth-order valence-electron chi connectivity index (χ4n) is 2.27. The number of hydrogen-bond donors (Lipinski definition) is 4. The number of aromatic amines is 1. The minimum Gasteiger partial charge on any atom is -0.510 e. The number of imidazole rings is 1. The largest absolute Gasteiger partial charge is 0.510 e. The molecule has 120 valence electrons. The van der Waals surface area contributed by atoms with E-state index < -0.39 is 0 Å². The van der Waals surface area contributed by atoms with Crippen LogP contribution in [0.5, 0.6) is 0 Å². The van der Waals surface area contributed by atoms with E-state index in [-0.39, 0.29) is 23.2 Å². The summed E-state index contributed by atoms with van der Waals surface area (Å²) < 4.78 is 1.72. The van der Waals surface area contributed by atoms with Gasteiger partial charge in [-0.3, -0.25) is 5.41 Å². The van der Waals surface area contributed by atoms with Crippen LogP contribution >= 0.6 is 11.3 Å². The highest BCUT2D eigenvalue weighted by molar-refractivity contribution is 7.07. The van der Waals surface area contributed by atoms with Crippen LogP contribution in [-0.4, -0.2) is 19.8 Å². The predicted octanol–water partition coefficient (Wildman–Crippen LogP) is 0.584. The highest BCUT2D eigenvalue weighted by Crippen LogP contribution is 2.14. The number of nitrogen functional groups attached to an aromatic ring is 1. The second kappa shape index (κ2) is 6.06. The van der Waals surface area contributed by atoms with Crippen molar-refractivity contribution in [1.82, 2.24) is 14.6 Å². The summed E-state index contributed by atoms with van der Waals surface area (Å²) in [4.78, 5) is 7.47. The lowest BCUT2D eigenvalue weighted by molar-refractivity contribution is 0.489. The first-order chi connectivity index (χ1) is 11.6. The van der Waals surface area contributed by atoms with Gasteiger partial charge in [-0.2, -0.15) is 5.26 Å². The number of rotatable bonds is 3. The standard InChI is InChI=1S/C16H14N6OS/c1-2-5-12(23)13-14(18)22(19)16(24-13)9(8-17)15-20-10-6-3-4-7-11(10)21-15/h2-4,6-7,18,23H,1,5,19H2,(H,20,21)/b13-12-,16-9+,18-14?. The fourth-order valence-corrected chi connectivity index (χ4v) is 3.30. The molecule has 0 saturated heterocycles. The summed E-state index contributed by atoms with van der Waals surface area (Å²) in [6.07, 6.45) is 1.75. The van der Waals surface area contributed by atoms with Crippen LogP contribution in [0.4, 0.5) is 0 Å². The van der Waals surface area contributed by atoms with E-state index in [2.05, 4.69) is 22.6 Å². The maximum atomic E-state index is 10.0. The summed E-state index contributed by atoms with van der Waals surface area (Å²) in [6, 6.07) is 9.50. The van der Waals surface area contributed by atoms with Gasteiger partial charge in [0, 0.05) is 6.42 Å². The Morgan fingerprint density at radius 2 is 2.29 bits per heavy atom. The number of aromatic nitrogens is 3. The first kappa shape index (κ1) is 15.6. The molecule has 24 heavy (non-hydrogen) atoms. The first-order valence-corrected chi connectivity index (χ1v) is 7.82. The molecule has 3 rings (SSSR count). The summed E-state index contributed by atoms with van der Waals surface area (Å²) in [5.41, 5.74) is 1.67. The van der Waals surface area contributed by atoms with E-state index in [4.69, 9.17) is 11.3 Å². The number of nitrogens with two attached hydrogens (primary N) is 1. The van der Waals surface area contributed by atoms with Gasteiger partial charge in [0.15, 0.2) is 11.3 Å². The number of H-pyrrole nitrogens is 1. The Morgan fingerprint density at radius 1 is 1.54 bits per heavy atom. The Labute approximate surface area is 140 Å². The number of aliphatic hydroxyl groups excluding tert-OH is 1. The van der Waals surface area contributed by atoms with Gasteiger partial charge in [-0.05, 0) is 12.1 Å². The van der Waals surface area contributed by atoms with Crippen LogP contribution in [0, 0.1) is 16.7 Å². The first-order valence-electron chi connectivity index (χ1n) is 7.01. The van der Waals surface area contributed by atoms with Crippen molar-refractivity contribution in [3.05, 3.63) is 57.4 Å². The average Bonchev–Trinajstić information content (AvgIpc) is 3.12. The highest BCUT2D eigenvalue weighted by Gasteiger charge is 2.13. The molecule has 0 amide bonds. The number of fused-ring (bicyclic) bond motifs is 1. The lowest BCUT2D eigenvalue weighted by Crippen LogP contribution is -2.38. The Balaban J connectivity index is 2.36. The Bertz CT molecular complexity index is 1120. The maximum Gasteiger partial charge on any atom is 0.165 e. The summed E-state index contributed by atoms with van der Waals surface area (Å²) in [7, 11) is 0. The quantitative estimate of drug-likeness (QED) is 0.411. The molecule has 0 aliphatic carbocycles. The molecule has 1 aromatic carbocycles. The van der Waals surface area contributed by atoms with Crippen LogP contribution in [0.1, 0.15) is 12.2 Å². The zero-order chi connectivity index (χ0) is 17.3. The van der Waals surface area contributed by atoms with E-state index in [1.54, 1.807) is 0 Å². The lowest BCUT2D eigenvalue weighted by atomic mass is 10.3. The third-order valence-electron chi connectivity index (χ3n) is 3.43. The Hall–Kier alpha value is -3.31. The number of aliphatic hydroxyl groups is 1. The molecule has 0 aliphatic heterocycles. The summed E-state index contributed by atoms with van der Waals surface area (Å²) in [5, 5.41) is 27.6. The van der Waals surface area contributed by atoms with E-state index >= 15 is 0 Å². The van der Waals surface area contributed by atoms with Crippen molar-refractivity contribution in [2.24, 2.45) is 0 Å². The molecule has 0 aliphatic rings. The number of nitrogens with zero attached hydrogens (tertiary/aromatic N) is 3. The van der Waals surface area contributed by atoms with Crippen LogP contribution in [0.25, 0.3) is 22.4 Å². The van der Waals surface area contributed by atoms with Crippen LogP contribution in [-0.2, 0) is 0 Å². The third-order valence-corrected chi connectivity index (χ3v) is 4.65. The van der Waals surface area contributed by atoms with Gasteiger partial charge < -0.3 is 15.9 Å². The molecule has 0 fully saturated rings. The highest BCUT2D eigenvalue weighted by atomic mass is 32.1. The molecular weight excluding hydrogens is 324 g/mol. The average molecular weight is 338 g/mol. The second-order valence-corrected chi connectivity index (χ2v) is 5.98. The molecule has 5 N–H and O–H groups in total.